The van der Waals surface area contributed by atoms with Crippen LogP contribution in [0.3, 0.4) is 0 Å². The number of nitrogens with two attached hydrogens (primary N) is 1. The number of nitrogens with zero attached hydrogens (tertiary/aromatic N) is 3. The molecular formula is C30H31N5O6. The number of hydrogen-bond acceptors (Lipinski definition) is 10. The number of fused-ring (bicyclic) bond motifs is 1. The maximum absolute atomic E-state index is 12.5. The summed E-state index contributed by atoms with van der Waals surface area (Å²) in [6.45, 7) is 0. The van der Waals surface area contributed by atoms with Gasteiger partial charge in [-0.05, 0) is 49.4 Å². The van der Waals surface area contributed by atoms with E-state index in [0.29, 0.717) is 45.0 Å². The highest BCUT2D eigenvalue weighted by molar-refractivity contribution is 6.08. The SMILES string of the molecule is COC(=O)c1cc(Nc2c(C(N)=O)cnc3cc(-c4cnc(OC)nc4OC)ccc23)cc(OC2CCCCC2)c1. The number of carbonyl (C=O) groups is 2. The van der Waals surface area contributed by atoms with E-state index in [0.717, 1.165) is 31.2 Å². The molecule has 1 aliphatic rings. The summed E-state index contributed by atoms with van der Waals surface area (Å²) in [5.74, 6) is -0.278. The molecule has 212 valence electrons. The normalized spacial score (nSPS) is 13.4. The van der Waals surface area contributed by atoms with E-state index in [9.17, 15) is 9.59 Å². The summed E-state index contributed by atoms with van der Waals surface area (Å²) in [6, 6.07) is 10.8. The Balaban J connectivity index is 1.57. The lowest BCUT2D eigenvalue weighted by molar-refractivity contribution is 0.0599. The van der Waals surface area contributed by atoms with Crippen LogP contribution in [0.1, 0.15) is 52.8 Å². The zero-order valence-electron chi connectivity index (χ0n) is 23.1. The van der Waals surface area contributed by atoms with Crippen LogP contribution in [0.5, 0.6) is 17.6 Å². The first-order valence-corrected chi connectivity index (χ1v) is 13.2. The molecule has 1 saturated carbocycles. The first-order valence-electron chi connectivity index (χ1n) is 13.2. The molecule has 0 unspecified atom stereocenters. The number of esters is 1. The summed E-state index contributed by atoms with van der Waals surface area (Å²) in [7, 11) is 4.32. The lowest BCUT2D eigenvalue weighted by atomic mass is 9.98. The van der Waals surface area contributed by atoms with Gasteiger partial charge in [-0.3, -0.25) is 9.78 Å². The second-order valence-corrected chi connectivity index (χ2v) is 9.66. The van der Waals surface area contributed by atoms with Crippen molar-refractivity contribution in [2.45, 2.75) is 38.2 Å². The van der Waals surface area contributed by atoms with Gasteiger partial charge in [-0.15, -0.1) is 0 Å². The largest absolute Gasteiger partial charge is 0.490 e. The molecule has 5 rings (SSSR count). The lowest BCUT2D eigenvalue weighted by Crippen LogP contribution is -2.20. The topological polar surface area (TPSA) is 148 Å². The molecule has 11 heteroatoms. The minimum atomic E-state index is -0.654. The maximum Gasteiger partial charge on any atom is 0.338 e. The van der Waals surface area contributed by atoms with E-state index in [1.165, 1.54) is 33.9 Å². The summed E-state index contributed by atoms with van der Waals surface area (Å²) in [4.78, 5) is 37.9. The third kappa shape index (κ3) is 5.98. The number of primary amides is 1. The molecule has 2 heterocycles. The fourth-order valence-corrected chi connectivity index (χ4v) is 4.98. The van der Waals surface area contributed by atoms with E-state index in [2.05, 4.69) is 20.3 Å². The van der Waals surface area contributed by atoms with Gasteiger partial charge in [-0.2, -0.15) is 4.98 Å². The average molecular weight is 558 g/mol. The summed E-state index contributed by atoms with van der Waals surface area (Å²) in [5.41, 5.74) is 9.18. The molecular weight excluding hydrogens is 526 g/mol. The molecule has 4 aromatic rings. The quantitative estimate of drug-likeness (QED) is 0.268. The van der Waals surface area contributed by atoms with Crippen molar-refractivity contribution in [2.75, 3.05) is 26.6 Å². The van der Waals surface area contributed by atoms with E-state index in [1.54, 1.807) is 24.4 Å². The third-order valence-electron chi connectivity index (χ3n) is 7.01. The molecule has 0 radical (unpaired) electrons. The Labute approximate surface area is 237 Å². The first kappa shape index (κ1) is 27.6. The van der Waals surface area contributed by atoms with E-state index < -0.39 is 11.9 Å². The molecule has 0 bridgehead atoms. The van der Waals surface area contributed by atoms with Crippen molar-refractivity contribution in [1.29, 1.82) is 0 Å². The predicted molar refractivity (Wildman–Crippen MR) is 153 cm³/mol. The molecule has 2 aromatic heterocycles. The molecule has 11 nitrogen and oxygen atoms in total. The molecule has 0 aliphatic heterocycles. The van der Waals surface area contributed by atoms with E-state index in [4.69, 9.17) is 24.7 Å². The molecule has 1 amide bonds. The molecule has 1 aliphatic carbocycles. The van der Waals surface area contributed by atoms with Crippen molar-refractivity contribution >= 4 is 34.2 Å². The van der Waals surface area contributed by atoms with Gasteiger partial charge >= 0.3 is 12.0 Å². The van der Waals surface area contributed by atoms with E-state index >= 15 is 0 Å². The van der Waals surface area contributed by atoms with Crippen LogP contribution in [0.2, 0.25) is 0 Å². The smallest absolute Gasteiger partial charge is 0.338 e. The zero-order valence-corrected chi connectivity index (χ0v) is 23.1. The summed E-state index contributed by atoms with van der Waals surface area (Å²) >= 11 is 0. The Hall–Kier alpha value is -4.93. The lowest BCUT2D eigenvalue weighted by Gasteiger charge is -2.24. The Morgan fingerprint density at radius 2 is 1.76 bits per heavy atom. The van der Waals surface area contributed by atoms with Crippen LogP contribution in [-0.2, 0) is 4.74 Å². The fraction of sp³-hybridized carbons (Fsp3) is 0.300. The van der Waals surface area contributed by atoms with Gasteiger partial charge in [0.2, 0.25) is 5.88 Å². The monoisotopic (exact) mass is 557 g/mol. The number of methoxy groups -OCH3 is 3. The average Bonchev–Trinajstić information content (AvgIpc) is 3.00. The Morgan fingerprint density at radius 1 is 0.951 bits per heavy atom. The van der Waals surface area contributed by atoms with E-state index in [1.807, 2.05) is 18.2 Å². The molecule has 41 heavy (non-hydrogen) atoms. The van der Waals surface area contributed by atoms with Crippen LogP contribution >= 0.6 is 0 Å². The highest BCUT2D eigenvalue weighted by Crippen LogP contribution is 2.36. The van der Waals surface area contributed by atoms with Crippen LogP contribution in [-0.4, -0.2) is 54.3 Å². The van der Waals surface area contributed by atoms with Crippen molar-refractivity contribution in [1.82, 2.24) is 15.0 Å². The van der Waals surface area contributed by atoms with Crippen molar-refractivity contribution in [3.63, 3.8) is 0 Å². The van der Waals surface area contributed by atoms with Gasteiger partial charge in [-0.1, -0.05) is 18.6 Å². The number of amides is 1. The highest BCUT2D eigenvalue weighted by Gasteiger charge is 2.20. The number of rotatable bonds is 9. The summed E-state index contributed by atoms with van der Waals surface area (Å²) in [6.07, 6.45) is 8.42. The van der Waals surface area contributed by atoms with Gasteiger partial charge in [0.25, 0.3) is 5.91 Å². The van der Waals surface area contributed by atoms with Crippen molar-refractivity contribution in [3.8, 4) is 28.8 Å². The summed E-state index contributed by atoms with van der Waals surface area (Å²) < 4.78 is 21.8. The second kappa shape index (κ2) is 12.1. The molecule has 0 atom stereocenters. The summed E-state index contributed by atoms with van der Waals surface area (Å²) in [5, 5.41) is 3.93. The van der Waals surface area contributed by atoms with Crippen molar-refractivity contribution in [3.05, 3.63) is 59.9 Å². The minimum absolute atomic E-state index is 0.0739. The van der Waals surface area contributed by atoms with Crippen LogP contribution in [0.4, 0.5) is 11.4 Å². The van der Waals surface area contributed by atoms with E-state index in [-0.39, 0.29) is 17.7 Å². The first-order chi connectivity index (χ1) is 19.9. The minimum Gasteiger partial charge on any atom is -0.490 e. The molecule has 0 spiro atoms. The van der Waals surface area contributed by atoms with Crippen LogP contribution in [0.25, 0.3) is 22.0 Å². The fourth-order valence-electron chi connectivity index (χ4n) is 4.98. The third-order valence-corrected chi connectivity index (χ3v) is 7.01. The van der Waals surface area contributed by atoms with Gasteiger partial charge in [0.1, 0.15) is 5.75 Å². The van der Waals surface area contributed by atoms with Crippen LogP contribution < -0.4 is 25.3 Å². The second-order valence-electron chi connectivity index (χ2n) is 9.66. The van der Waals surface area contributed by atoms with Crippen LogP contribution in [0.15, 0.2) is 48.8 Å². The number of hydrogen-bond donors (Lipinski definition) is 2. The van der Waals surface area contributed by atoms with Gasteiger partial charge in [0.05, 0.1) is 55.3 Å². The number of anilines is 2. The zero-order chi connectivity index (χ0) is 28.9. The molecule has 3 N–H and O–H groups in total. The van der Waals surface area contributed by atoms with Crippen LogP contribution in [0, 0.1) is 0 Å². The molecule has 2 aromatic carbocycles. The Kier molecular flexibility index (Phi) is 8.14. The number of aromatic nitrogens is 3. The molecule has 0 saturated heterocycles. The number of benzene rings is 2. The van der Waals surface area contributed by atoms with Crippen molar-refractivity contribution in [2.24, 2.45) is 5.73 Å². The standard InChI is InChI=1S/C30H31N5O6/c1-38-28-23(15-33-30(35-28)40-3)17-9-10-22-25(13-17)32-16-24(27(31)36)26(22)34-19-11-18(29(37)39-2)12-21(14-19)41-20-7-5-4-6-8-20/h9-16,20H,4-8H2,1-3H3,(H2,31,36)(H,32,34). The Bertz CT molecular complexity index is 1600. The van der Waals surface area contributed by atoms with Gasteiger partial charge in [0, 0.05) is 29.5 Å². The number of nitrogens with one attached hydrogen (secondary N) is 1. The van der Waals surface area contributed by atoms with Gasteiger partial charge in [-0.25, -0.2) is 9.78 Å². The van der Waals surface area contributed by atoms with Crippen molar-refractivity contribution < 1.29 is 28.5 Å². The number of pyridine rings is 1. The maximum atomic E-state index is 12.5. The van der Waals surface area contributed by atoms with Gasteiger partial charge in [0.15, 0.2) is 0 Å². The van der Waals surface area contributed by atoms with Gasteiger partial charge < -0.3 is 30.0 Å². The predicted octanol–water partition coefficient (Wildman–Crippen LogP) is 5.05. The number of carbonyl (C=O) groups excluding carboxylic acids is 2. The Morgan fingerprint density at radius 3 is 2.46 bits per heavy atom. The molecule has 1 fully saturated rings. The number of ether oxygens (including phenoxy) is 4. The highest BCUT2D eigenvalue weighted by atomic mass is 16.5.